The predicted molar refractivity (Wildman–Crippen MR) is 163 cm³/mol. The Balaban J connectivity index is 1.59. The summed E-state index contributed by atoms with van der Waals surface area (Å²) >= 11 is 0. The highest BCUT2D eigenvalue weighted by Crippen LogP contribution is 2.13. The predicted octanol–water partition coefficient (Wildman–Crippen LogP) is 0.290. The number of carbonyl (C=O) groups excluding carboxylic acids is 4. The van der Waals surface area contributed by atoms with Crippen LogP contribution in [0, 0.1) is 5.92 Å². The number of hydrogen-bond donors (Lipinski definition) is 7. The molecule has 45 heavy (non-hydrogen) atoms. The summed E-state index contributed by atoms with van der Waals surface area (Å²) in [7, 11) is 0. The summed E-state index contributed by atoms with van der Waals surface area (Å²) in [6, 6.07) is 9.66. The van der Waals surface area contributed by atoms with Crippen LogP contribution >= 0.6 is 0 Å². The fourth-order valence-electron chi connectivity index (χ4n) is 4.36. The van der Waals surface area contributed by atoms with Crippen molar-refractivity contribution in [1.29, 1.82) is 0 Å². The number of amides is 4. The lowest BCUT2D eigenvalue weighted by atomic mass is 10.0. The molecular weight excluding hydrogens is 586 g/mol. The number of fused-ring (bicyclic) bond motifs is 1. The number of phenolic OH excluding ortho intramolecular Hbond substituents is 1. The first-order valence-corrected chi connectivity index (χ1v) is 14.2. The molecule has 1 heterocycles. The molecule has 8 N–H and O–H groups in total. The summed E-state index contributed by atoms with van der Waals surface area (Å²) < 4.78 is 5.23. The maximum atomic E-state index is 13.0. The molecule has 2 aromatic carbocycles. The minimum atomic E-state index is -1.53. The number of rotatable bonds is 14. The number of para-hydroxylation sites is 1. The van der Waals surface area contributed by atoms with E-state index in [2.05, 4.69) is 21.3 Å². The van der Waals surface area contributed by atoms with Crippen LogP contribution in [0.25, 0.3) is 11.0 Å². The summed E-state index contributed by atoms with van der Waals surface area (Å²) in [5.74, 6) is -4.73. The second-order valence-corrected chi connectivity index (χ2v) is 10.9. The summed E-state index contributed by atoms with van der Waals surface area (Å²) in [6.07, 6.45) is -0.621. The van der Waals surface area contributed by atoms with Gasteiger partial charge in [0.1, 0.15) is 29.5 Å². The molecule has 0 unspecified atom stereocenters. The maximum Gasteiger partial charge on any atom is 0.341 e. The first-order valence-electron chi connectivity index (χ1n) is 14.2. The number of benzene rings is 2. The number of nitrogens with one attached hydrogen (secondary N) is 4. The van der Waals surface area contributed by atoms with E-state index in [4.69, 9.17) is 10.2 Å². The Morgan fingerprint density at radius 1 is 0.867 bits per heavy atom. The molecule has 14 nitrogen and oxygen atoms in total. The lowest BCUT2D eigenvalue weighted by Crippen LogP contribution is -2.58. The molecule has 14 heteroatoms. The second kappa shape index (κ2) is 15.5. The van der Waals surface area contributed by atoms with Gasteiger partial charge in [-0.3, -0.25) is 24.0 Å². The van der Waals surface area contributed by atoms with E-state index in [-0.39, 0.29) is 24.3 Å². The minimum absolute atomic E-state index is 0.0663. The standard InChI is InChI=1S/C31H37N5O9/c1-16(2)26(36-28(41)22(32)12-18-8-10-21(37)11-9-18)30(43)34-17(3)27(40)35-23(14-25(38)39)29(42)33-15-20-13-19-6-4-5-7-24(19)45-31(20)44/h4-11,13,16-17,22-23,26,37H,12,14-15,32H2,1-3H3,(H,33,42)(H,34,43)(H,35,40)(H,36,41)(H,38,39)/t17-,22-,23-,26-/m0/s1. The van der Waals surface area contributed by atoms with E-state index in [1.807, 2.05) is 0 Å². The first-order chi connectivity index (χ1) is 21.2. The van der Waals surface area contributed by atoms with Crippen LogP contribution < -0.4 is 32.6 Å². The van der Waals surface area contributed by atoms with Crippen LogP contribution in [0.15, 0.2) is 63.8 Å². The van der Waals surface area contributed by atoms with E-state index in [0.717, 1.165) is 0 Å². The van der Waals surface area contributed by atoms with Crippen molar-refractivity contribution in [2.45, 2.75) is 64.3 Å². The summed E-state index contributed by atoms with van der Waals surface area (Å²) in [6.45, 7) is 4.42. The number of aliphatic carboxylic acids is 1. The summed E-state index contributed by atoms with van der Waals surface area (Å²) in [5.41, 5.74) is 6.52. The number of nitrogens with two attached hydrogens (primary N) is 1. The number of aromatic hydroxyl groups is 1. The SMILES string of the molecule is CC(C)[C@H](NC(=O)[C@@H](N)Cc1ccc(O)cc1)C(=O)N[C@@H](C)C(=O)N[C@@H](CC(=O)O)C(=O)NCc1cc2ccccc2oc1=O. The van der Waals surface area contributed by atoms with Gasteiger partial charge in [0.15, 0.2) is 0 Å². The molecule has 0 saturated heterocycles. The summed E-state index contributed by atoms with van der Waals surface area (Å²) in [5, 5.41) is 29.2. The van der Waals surface area contributed by atoms with Crippen LogP contribution in [0.3, 0.4) is 0 Å². The zero-order valence-electron chi connectivity index (χ0n) is 25.0. The average Bonchev–Trinajstić information content (AvgIpc) is 2.98. The van der Waals surface area contributed by atoms with Crippen molar-refractivity contribution in [3.05, 3.63) is 76.1 Å². The fourth-order valence-corrected chi connectivity index (χ4v) is 4.36. The molecule has 3 aromatic rings. The van der Waals surface area contributed by atoms with Gasteiger partial charge in [-0.2, -0.15) is 0 Å². The lowest BCUT2D eigenvalue weighted by Gasteiger charge is -2.26. The van der Waals surface area contributed by atoms with Crippen molar-refractivity contribution in [3.63, 3.8) is 0 Å². The van der Waals surface area contributed by atoms with Crippen LogP contribution in [0.1, 0.15) is 38.3 Å². The molecule has 0 aliphatic heterocycles. The Labute approximate surface area is 258 Å². The van der Waals surface area contributed by atoms with Crippen molar-refractivity contribution in [2.75, 3.05) is 0 Å². The van der Waals surface area contributed by atoms with Crippen molar-refractivity contribution in [1.82, 2.24) is 21.3 Å². The molecule has 4 amide bonds. The monoisotopic (exact) mass is 623 g/mol. The van der Waals surface area contributed by atoms with Crippen LogP contribution in [0.4, 0.5) is 0 Å². The van der Waals surface area contributed by atoms with E-state index in [9.17, 15) is 39.0 Å². The second-order valence-electron chi connectivity index (χ2n) is 10.9. The molecule has 3 rings (SSSR count). The smallest absolute Gasteiger partial charge is 0.341 e. The van der Waals surface area contributed by atoms with E-state index in [1.54, 1.807) is 50.2 Å². The highest BCUT2D eigenvalue weighted by atomic mass is 16.4. The van der Waals surface area contributed by atoms with Crippen molar-refractivity contribution < 1.29 is 38.6 Å². The van der Waals surface area contributed by atoms with Crippen LogP contribution in [-0.4, -0.2) is 64.0 Å². The molecule has 0 spiro atoms. The third-order valence-electron chi connectivity index (χ3n) is 6.91. The zero-order chi connectivity index (χ0) is 33.3. The Morgan fingerprint density at radius 2 is 1.53 bits per heavy atom. The quantitative estimate of drug-likeness (QED) is 0.121. The van der Waals surface area contributed by atoms with Gasteiger partial charge in [0.2, 0.25) is 23.6 Å². The largest absolute Gasteiger partial charge is 0.508 e. The van der Waals surface area contributed by atoms with E-state index < -0.39 is 71.7 Å². The fraction of sp³-hybridized carbons (Fsp3) is 0.355. The number of phenols is 1. The van der Waals surface area contributed by atoms with Gasteiger partial charge in [0, 0.05) is 5.39 Å². The molecule has 1 aromatic heterocycles. The number of hydrogen-bond acceptors (Lipinski definition) is 9. The lowest BCUT2D eigenvalue weighted by molar-refractivity contribution is -0.141. The number of carbonyl (C=O) groups is 5. The molecule has 0 bridgehead atoms. The van der Waals surface area contributed by atoms with Gasteiger partial charge in [0.25, 0.3) is 0 Å². The van der Waals surface area contributed by atoms with Crippen molar-refractivity contribution in [2.24, 2.45) is 11.7 Å². The van der Waals surface area contributed by atoms with Crippen LogP contribution in [0.2, 0.25) is 0 Å². The normalized spacial score (nSPS) is 13.7. The molecule has 4 atom stereocenters. The molecule has 0 saturated carbocycles. The average molecular weight is 624 g/mol. The minimum Gasteiger partial charge on any atom is -0.508 e. The van der Waals surface area contributed by atoms with Gasteiger partial charge in [-0.05, 0) is 49.1 Å². The zero-order valence-corrected chi connectivity index (χ0v) is 25.0. The van der Waals surface area contributed by atoms with Crippen LogP contribution in [-0.2, 0) is 36.9 Å². The molecule has 240 valence electrons. The molecule has 0 aliphatic rings. The Kier molecular flexibility index (Phi) is 11.8. The third kappa shape index (κ3) is 9.89. The Morgan fingerprint density at radius 3 is 2.18 bits per heavy atom. The van der Waals surface area contributed by atoms with E-state index in [1.165, 1.54) is 25.1 Å². The highest BCUT2D eigenvalue weighted by molar-refractivity contribution is 5.95. The Bertz CT molecular complexity index is 1600. The van der Waals surface area contributed by atoms with Crippen molar-refractivity contribution >= 4 is 40.6 Å². The molecular formula is C31H37N5O9. The van der Waals surface area contributed by atoms with Gasteiger partial charge < -0.3 is 41.6 Å². The van der Waals surface area contributed by atoms with Crippen molar-refractivity contribution in [3.8, 4) is 5.75 Å². The van der Waals surface area contributed by atoms with Gasteiger partial charge >= 0.3 is 11.6 Å². The van der Waals surface area contributed by atoms with E-state index in [0.29, 0.717) is 16.5 Å². The number of carboxylic acid groups (broad SMARTS) is 1. The third-order valence-corrected chi connectivity index (χ3v) is 6.91. The number of carboxylic acids is 1. The molecule has 0 fully saturated rings. The Hall–Kier alpha value is -5.24. The van der Waals surface area contributed by atoms with Gasteiger partial charge in [-0.25, -0.2) is 4.79 Å². The van der Waals surface area contributed by atoms with Crippen LogP contribution in [0.5, 0.6) is 5.75 Å². The first kappa shape index (κ1) is 34.3. The summed E-state index contributed by atoms with van der Waals surface area (Å²) in [4.78, 5) is 75.3. The highest BCUT2D eigenvalue weighted by Gasteiger charge is 2.31. The van der Waals surface area contributed by atoms with Gasteiger partial charge in [0.05, 0.1) is 24.6 Å². The molecule has 0 radical (unpaired) electrons. The van der Waals surface area contributed by atoms with Gasteiger partial charge in [-0.15, -0.1) is 0 Å². The van der Waals surface area contributed by atoms with E-state index >= 15 is 0 Å². The molecule has 0 aliphatic carbocycles. The maximum absolute atomic E-state index is 13.0. The topological polar surface area (TPSA) is 230 Å². The van der Waals surface area contributed by atoms with Gasteiger partial charge in [-0.1, -0.05) is 44.2 Å².